The smallest absolute Gasteiger partial charge is 0.221 e. The lowest BCUT2D eigenvalue weighted by molar-refractivity contribution is -0.121. The second-order valence-corrected chi connectivity index (χ2v) is 6.98. The summed E-state index contributed by atoms with van der Waals surface area (Å²) in [6.07, 6.45) is 2.39. The van der Waals surface area contributed by atoms with Crippen LogP contribution in [0.2, 0.25) is 0 Å². The zero-order valence-electron chi connectivity index (χ0n) is 14.1. The van der Waals surface area contributed by atoms with Gasteiger partial charge in [-0.05, 0) is 11.6 Å². The van der Waals surface area contributed by atoms with Crippen LogP contribution in [0.3, 0.4) is 0 Å². The highest BCUT2D eigenvalue weighted by atomic mass is 35.5. The Hall–Kier alpha value is -0.730. The summed E-state index contributed by atoms with van der Waals surface area (Å²) in [5, 5.41) is 6.37. The number of anilines is 1. The number of carbonyl (C=O) groups excluding carboxylic acids is 1. The molecule has 1 amide bonds. The molecule has 1 atom stereocenters. The Balaban J connectivity index is 0.00000156. The molecule has 0 bridgehead atoms. The minimum absolute atomic E-state index is 0. The van der Waals surface area contributed by atoms with Crippen molar-refractivity contribution in [2.24, 2.45) is 0 Å². The zero-order chi connectivity index (χ0) is 15.9. The second kappa shape index (κ2) is 11.8. The van der Waals surface area contributed by atoms with Crippen molar-refractivity contribution < 1.29 is 9.53 Å². The van der Waals surface area contributed by atoms with Gasteiger partial charge in [0.05, 0.1) is 13.2 Å². The maximum atomic E-state index is 12.0. The molecule has 0 radical (unpaired) electrons. The number of hydrogen-bond acceptors (Lipinski definition) is 6. The molecule has 9 heteroatoms. The second-order valence-electron chi connectivity index (χ2n) is 5.83. The van der Waals surface area contributed by atoms with E-state index in [0.717, 1.165) is 55.7 Å². The van der Waals surface area contributed by atoms with Crippen LogP contribution in [0.15, 0.2) is 18.3 Å². The first kappa shape index (κ1) is 22.3. The number of amides is 1. The first-order chi connectivity index (χ1) is 11.3. The number of halogens is 2. The van der Waals surface area contributed by atoms with Crippen LogP contribution in [0.25, 0.3) is 0 Å². The molecule has 0 saturated carbocycles. The highest BCUT2D eigenvalue weighted by Crippen LogP contribution is 2.13. The maximum Gasteiger partial charge on any atom is 0.221 e. The third-order valence-corrected chi connectivity index (χ3v) is 5.19. The number of morpholine rings is 1. The molecular weight excluding hydrogens is 383 g/mol. The van der Waals surface area contributed by atoms with E-state index in [1.165, 1.54) is 0 Å². The van der Waals surface area contributed by atoms with Gasteiger partial charge >= 0.3 is 0 Å². The summed E-state index contributed by atoms with van der Waals surface area (Å²) < 4.78 is 5.35. The van der Waals surface area contributed by atoms with Gasteiger partial charge in [0.15, 0.2) is 0 Å². The molecule has 0 aromatic carbocycles. The number of thioether (sulfide) groups is 1. The van der Waals surface area contributed by atoms with Gasteiger partial charge in [0.25, 0.3) is 0 Å². The van der Waals surface area contributed by atoms with Crippen molar-refractivity contribution in [2.45, 2.75) is 19.0 Å². The predicted molar refractivity (Wildman–Crippen MR) is 107 cm³/mol. The monoisotopic (exact) mass is 408 g/mol. The molecule has 3 heterocycles. The van der Waals surface area contributed by atoms with E-state index in [0.29, 0.717) is 19.0 Å². The Morgan fingerprint density at radius 2 is 2.16 bits per heavy atom. The molecule has 2 N–H and O–H groups in total. The molecule has 1 aromatic heterocycles. The lowest BCUT2D eigenvalue weighted by atomic mass is 10.2. The molecule has 25 heavy (non-hydrogen) atoms. The van der Waals surface area contributed by atoms with Gasteiger partial charge in [0.1, 0.15) is 5.82 Å². The van der Waals surface area contributed by atoms with Crippen LogP contribution in [0.1, 0.15) is 12.0 Å². The SMILES string of the molecule is Cl.Cl.O=C(CC1CSCCN1)NCc1ccc(N2CCOCC2)nc1. The molecule has 0 spiro atoms. The topological polar surface area (TPSA) is 66.5 Å². The van der Waals surface area contributed by atoms with Gasteiger partial charge < -0.3 is 20.3 Å². The summed E-state index contributed by atoms with van der Waals surface area (Å²) in [6.45, 7) is 4.82. The summed E-state index contributed by atoms with van der Waals surface area (Å²) in [6, 6.07) is 4.36. The molecule has 1 aromatic rings. The van der Waals surface area contributed by atoms with E-state index in [2.05, 4.69) is 20.5 Å². The van der Waals surface area contributed by atoms with Crippen molar-refractivity contribution in [1.82, 2.24) is 15.6 Å². The van der Waals surface area contributed by atoms with Crippen molar-refractivity contribution in [2.75, 3.05) is 49.3 Å². The largest absolute Gasteiger partial charge is 0.378 e. The fourth-order valence-electron chi connectivity index (χ4n) is 2.75. The van der Waals surface area contributed by atoms with Crippen LogP contribution < -0.4 is 15.5 Å². The molecular formula is C16H26Cl2N4O2S. The summed E-state index contributed by atoms with van der Waals surface area (Å²) in [4.78, 5) is 18.7. The van der Waals surface area contributed by atoms with Crippen LogP contribution in [-0.2, 0) is 16.1 Å². The van der Waals surface area contributed by atoms with E-state index in [9.17, 15) is 4.79 Å². The van der Waals surface area contributed by atoms with Crippen molar-refractivity contribution in [3.05, 3.63) is 23.9 Å². The van der Waals surface area contributed by atoms with Gasteiger partial charge in [-0.3, -0.25) is 4.79 Å². The Morgan fingerprint density at radius 3 is 2.80 bits per heavy atom. The van der Waals surface area contributed by atoms with Gasteiger partial charge in [-0.2, -0.15) is 11.8 Å². The first-order valence-corrected chi connectivity index (χ1v) is 9.32. The minimum atomic E-state index is 0. The lowest BCUT2D eigenvalue weighted by Crippen LogP contribution is -2.41. The van der Waals surface area contributed by atoms with Crippen LogP contribution in [0.4, 0.5) is 5.82 Å². The van der Waals surface area contributed by atoms with Crippen molar-refractivity contribution >= 4 is 48.3 Å². The van der Waals surface area contributed by atoms with Gasteiger partial charge in [0.2, 0.25) is 5.91 Å². The normalized spacial score (nSPS) is 20.2. The van der Waals surface area contributed by atoms with Gasteiger partial charge in [0, 0.05) is 56.3 Å². The van der Waals surface area contributed by atoms with E-state index >= 15 is 0 Å². The summed E-state index contributed by atoms with van der Waals surface area (Å²) in [7, 11) is 0. The van der Waals surface area contributed by atoms with Crippen molar-refractivity contribution in [3.8, 4) is 0 Å². The molecule has 1 unspecified atom stereocenters. The number of aromatic nitrogens is 1. The van der Waals surface area contributed by atoms with Crippen LogP contribution in [-0.4, -0.2) is 61.3 Å². The summed E-state index contributed by atoms with van der Waals surface area (Å²) in [5.74, 6) is 3.23. The Kier molecular flexibility index (Phi) is 10.5. The molecule has 142 valence electrons. The Bertz CT molecular complexity index is 509. The summed E-state index contributed by atoms with van der Waals surface area (Å²) >= 11 is 1.91. The average molecular weight is 409 g/mol. The number of nitrogens with one attached hydrogen (secondary N) is 2. The first-order valence-electron chi connectivity index (χ1n) is 8.17. The number of hydrogen-bond donors (Lipinski definition) is 2. The highest BCUT2D eigenvalue weighted by Gasteiger charge is 2.16. The van der Waals surface area contributed by atoms with Crippen LogP contribution in [0.5, 0.6) is 0 Å². The fourth-order valence-corrected chi connectivity index (χ4v) is 3.70. The Morgan fingerprint density at radius 1 is 1.36 bits per heavy atom. The zero-order valence-corrected chi connectivity index (χ0v) is 16.6. The fraction of sp³-hybridized carbons (Fsp3) is 0.625. The molecule has 2 saturated heterocycles. The molecule has 2 aliphatic heterocycles. The molecule has 2 aliphatic rings. The van der Waals surface area contributed by atoms with Gasteiger partial charge in [-0.1, -0.05) is 6.07 Å². The van der Waals surface area contributed by atoms with Crippen LogP contribution in [0, 0.1) is 0 Å². The summed E-state index contributed by atoms with van der Waals surface area (Å²) in [5.41, 5.74) is 1.03. The minimum Gasteiger partial charge on any atom is -0.378 e. The van der Waals surface area contributed by atoms with E-state index in [1.807, 2.05) is 30.1 Å². The molecule has 6 nitrogen and oxygen atoms in total. The van der Waals surface area contributed by atoms with Crippen LogP contribution >= 0.6 is 36.6 Å². The van der Waals surface area contributed by atoms with E-state index in [-0.39, 0.29) is 30.7 Å². The molecule has 3 rings (SSSR count). The molecule has 0 aliphatic carbocycles. The number of rotatable bonds is 5. The van der Waals surface area contributed by atoms with Gasteiger partial charge in [-0.15, -0.1) is 24.8 Å². The predicted octanol–water partition coefficient (Wildman–Crippen LogP) is 1.47. The quantitative estimate of drug-likeness (QED) is 0.768. The number of pyridine rings is 1. The van der Waals surface area contributed by atoms with Gasteiger partial charge in [-0.25, -0.2) is 4.98 Å². The Labute approximate surface area is 165 Å². The standard InChI is InChI=1S/C16H24N4O2S.2ClH/c21-16(9-14-12-23-8-3-17-14)19-11-13-1-2-15(18-10-13)20-4-6-22-7-5-20;;/h1-2,10,14,17H,3-9,11-12H2,(H,19,21);2*1H. The number of carbonyl (C=O) groups is 1. The third-order valence-electron chi connectivity index (χ3n) is 4.06. The maximum absolute atomic E-state index is 12.0. The lowest BCUT2D eigenvalue weighted by Gasteiger charge is -2.27. The highest BCUT2D eigenvalue weighted by molar-refractivity contribution is 7.99. The number of ether oxygens (including phenoxy) is 1. The van der Waals surface area contributed by atoms with E-state index < -0.39 is 0 Å². The third kappa shape index (κ3) is 7.19. The average Bonchev–Trinajstić information content (AvgIpc) is 2.62. The van der Waals surface area contributed by atoms with Crippen molar-refractivity contribution in [3.63, 3.8) is 0 Å². The van der Waals surface area contributed by atoms with Crippen molar-refractivity contribution in [1.29, 1.82) is 0 Å². The van der Waals surface area contributed by atoms with E-state index in [4.69, 9.17) is 4.74 Å². The number of nitrogens with zero attached hydrogens (tertiary/aromatic N) is 2. The van der Waals surface area contributed by atoms with E-state index in [1.54, 1.807) is 0 Å². The molecule has 2 fully saturated rings.